The summed E-state index contributed by atoms with van der Waals surface area (Å²) in [6.45, 7) is 4.69. The van der Waals surface area contributed by atoms with Gasteiger partial charge in [-0.2, -0.15) is 0 Å². The van der Waals surface area contributed by atoms with Crippen LogP contribution in [0.1, 0.15) is 5.56 Å². The van der Waals surface area contributed by atoms with E-state index in [1.54, 1.807) is 12.1 Å². The van der Waals surface area contributed by atoms with Crippen molar-refractivity contribution in [3.63, 3.8) is 0 Å². The fourth-order valence-electron chi connectivity index (χ4n) is 3.68. The number of hydrogen-bond donors (Lipinski definition) is 3. The van der Waals surface area contributed by atoms with Gasteiger partial charge in [-0.05, 0) is 24.7 Å². The van der Waals surface area contributed by atoms with Crippen molar-refractivity contribution in [2.24, 2.45) is 0 Å². The van der Waals surface area contributed by atoms with Crippen molar-refractivity contribution >= 4 is 0 Å². The molecule has 1 aromatic carbocycles. The van der Waals surface area contributed by atoms with E-state index in [2.05, 4.69) is 22.2 Å². The lowest BCUT2D eigenvalue weighted by molar-refractivity contribution is -0.0213. The molecule has 0 amide bonds. The van der Waals surface area contributed by atoms with Gasteiger partial charge in [-0.15, -0.1) is 0 Å². The number of aliphatic hydroxyl groups excluding tert-OH is 2. The molecule has 2 saturated heterocycles. The van der Waals surface area contributed by atoms with Crippen molar-refractivity contribution in [1.29, 1.82) is 0 Å². The summed E-state index contributed by atoms with van der Waals surface area (Å²) in [6, 6.07) is 6.28. The van der Waals surface area contributed by atoms with Crippen molar-refractivity contribution in [1.82, 2.24) is 15.1 Å². The van der Waals surface area contributed by atoms with E-state index in [1.165, 1.54) is 12.1 Å². The van der Waals surface area contributed by atoms with Crippen LogP contribution in [-0.4, -0.2) is 90.7 Å². The molecule has 0 aromatic heterocycles. The Hall–Kier alpha value is -1.09. The molecule has 3 rings (SSSR count). The minimum atomic E-state index is -0.689. The molecule has 0 spiro atoms. The Morgan fingerprint density at radius 3 is 2.48 bits per heavy atom. The fraction of sp³-hybridized carbons (Fsp3) is 0.667. The van der Waals surface area contributed by atoms with Gasteiger partial charge in [-0.1, -0.05) is 12.1 Å². The van der Waals surface area contributed by atoms with Crippen LogP contribution in [0.25, 0.3) is 0 Å². The van der Waals surface area contributed by atoms with E-state index in [0.29, 0.717) is 13.1 Å². The number of hydrogen-bond acceptors (Lipinski definition) is 6. The summed E-state index contributed by atoms with van der Waals surface area (Å²) in [5.74, 6) is -0.244. The molecule has 6 nitrogen and oxygen atoms in total. The number of ether oxygens (including phenoxy) is 1. The molecule has 0 radical (unpaired) electrons. The van der Waals surface area contributed by atoms with Gasteiger partial charge in [0, 0.05) is 39.3 Å². The lowest BCUT2D eigenvalue weighted by atomic mass is 10.0. The van der Waals surface area contributed by atoms with Crippen LogP contribution in [0.15, 0.2) is 24.3 Å². The summed E-state index contributed by atoms with van der Waals surface area (Å²) >= 11 is 0. The molecule has 7 heteroatoms. The van der Waals surface area contributed by atoms with Crippen LogP contribution in [0.4, 0.5) is 4.39 Å². The maximum absolute atomic E-state index is 13.0. The van der Waals surface area contributed by atoms with Crippen molar-refractivity contribution in [2.75, 3.05) is 46.4 Å². The van der Waals surface area contributed by atoms with Crippen LogP contribution in [-0.2, 0) is 11.3 Å². The third kappa shape index (κ3) is 4.55. The van der Waals surface area contributed by atoms with Gasteiger partial charge in [0.15, 0.2) is 0 Å². The van der Waals surface area contributed by atoms with Crippen molar-refractivity contribution in [2.45, 2.75) is 30.9 Å². The summed E-state index contributed by atoms with van der Waals surface area (Å²) in [4.78, 5) is 4.54. The van der Waals surface area contributed by atoms with Crippen LogP contribution in [0.3, 0.4) is 0 Å². The zero-order valence-electron chi connectivity index (χ0n) is 14.6. The molecular weight excluding hydrogens is 325 g/mol. The minimum Gasteiger partial charge on any atom is -0.394 e. The van der Waals surface area contributed by atoms with Gasteiger partial charge in [0.1, 0.15) is 18.0 Å². The molecule has 1 aromatic rings. The maximum Gasteiger partial charge on any atom is 0.123 e. The van der Waals surface area contributed by atoms with E-state index in [9.17, 15) is 14.6 Å². The van der Waals surface area contributed by atoms with Gasteiger partial charge < -0.3 is 25.2 Å². The average molecular weight is 353 g/mol. The number of likely N-dealkylation sites (N-methyl/N-ethyl adjacent to an activating group) is 1. The molecule has 2 aliphatic heterocycles. The third-order valence-electron chi connectivity index (χ3n) is 5.19. The second-order valence-electron chi connectivity index (χ2n) is 6.97. The van der Waals surface area contributed by atoms with E-state index >= 15 is 0 Å². The molecule has 2 heterocycles. The molecule has 2 aliphatic rings. The Morgan fingerprint density at radius 2 is 1.84 bits per heavy atom. The molecule has 2 fully saturated rings. The van der Waals surface area contributed by atoms with Gasteiger partial charge in [-0.25, -0.2) is 4.39 Å². The first kappa shape index (κ1) is 18.7. The van der Waals surface area contributed by atoms with Gasteiger partial charge in [-0.3, -0.25) is 4.90 Å². The van der Waals surface area contributed by atoms with Gasteiger partial charge in [0.05, 0.1) is 18.8 Å². The molecule has 25 heavy (non-hydrogen) atoms. The topological polar surface area (TPSA) is 68.2 Å². The molecule has 0 aliphatic carbocycles. The van der Waals surface area contributed by atoms with Gasteiger partial charge in [0.2, 0.25) is 0 Å². The molecule has 0 saturated carbocycles. The summed E-state index contributed by atoms with van der Waals surface area (Å²) in [5.41, 5.74) is 0.995. The summed E-state index contributed by atoms with van der Waals surface area (Å²) in [6.07, 6.45) is -1.41. The Bertz CT molecular complexity index is 537. The van der Waals surface area contributed by atoms with E-state index < -0.39 is 12.2 Å². The zero-order valence-corrected chi connectivity index (χ0v) is 14.6. The second kappa shape index (κ2) is 8.53. The van der Waals surface area contributed by atoms with Crippen molar-refractivity contribution in [3.05, 3.63) is 35.6 Å². The number of nitrogens with one attached hydrogen (secondary N) is 1. The predicted molar refractivity (Wildman–Crippen MR) is 92.7 cm³/mol. The Labute approximate surface area is 148 Å². The minimum absolute atomic E-state index is 0.119. The van der Waals surface area contributed by atoms with E-state index in [0.717, 1.165) is 31.7 Å². The highest BCUT2D eigenvalue weighted by Gasteiger charge is 2.46. The van der Waals surface area contributed by atoms with Gasteiger partial charge in [0.25, 0.3) is 0 Å². The zero-order chi connectivity index (χ0) is 17.8. The molecule has 140 valence electrons. The molecular formula is C18H28FN3O3. The summed E-state index contributed by atoms with van der Waals surface area (Å²) in [7, 11) is 2.09. The predicted octanol–water partition coefficient (Wildman–Crippen LogP) is -0.348. The second-order valence-corrected chi connectivity index (χ2v) is 6.97. The maximum atomic E-state index is 13.0. The molecule has 0 bridgehead atoms. The number of rotatable bonds is 6. The molecule has 3 N–H and O–H groups in total. The van der Waals surface area contributed by atoms with Crippen LogP contribution < -0.4 is 5.32 Å². The van der Waals surface area contributed by atoms with Crippen LogP contribution in [0.2, 0.25) is 0 Å². The average Bonchev–Trinajstić information content (AvgIpc) is 2.93. The number of benzene rings is 1. The largest absolute Gasteiger partial charge is 0.394 e. The quantitative estimate of drug-likeness (QED) is 0.650. The normalized spacial score (nSPS) is 31.5. The number of aliphatic hydroxyl groups is 2. The van der Waals surface area contributed by atoms with Crippen LogP contribution in [0, 0.1) is 5.82 Å². The van der Waals surface area contributed by atoms with Crippen molar-refractivity contribution in [3.8, 4) is 0 Å². The highest BCUT2D eigenvalue weighted by atomic mass is 19.1. The fourth-order valence-corrected chi connectivity index (χ4v) is 3.68. The van der Waals surface area contributed by atoms with Crippen LogP contribution in [0.5, 0.6) is 0 Å². The van der Waals surface area contributed by atoms with E-state index in [-0.39, 0.29) is 24.6 Å². The summed E-state index contributed by atoms with van der Waals surface area (Å²) < 4.78 is 18.9. The Balaban J connectivity index is 1.58. The first-order valence-electron chi connectivity index (χ1n) is 8.90. The Morgan fingerprint density at radius 1 is 1.16 bits per heavy atom. The SMILES string of the molecule is CN1CCN([C@H]2[C@H](O)[C@H](CO)O[C@@H]2CNCc2ccc(F)cc2)CC1. The van der Waals surface area contributed by atoms with Crippen LogP contribution >= 0.6 is 0 Å². The third-order valence-corrected chi connectivity index (χ3v) is 5.19. The molecule has 0 unspecified atom stereocenters. The Kier molecular flexibility index (Phi) is 6.38. The van der Waals surface area contributed by atoms with E-state index in [4.69, 9.17) is 4.74 Å². The first-order valence-corrected chi connectivity index (χ1v) is 8.90. The molecule has 4 atom stereocenters. The van der Waals surface area contributed by atoms with E-state index in [1.807, 2.05) is 0 Å². The lowest BCUT2D eigenvalue weighted by Crippen LogP contribution is -2.56. The van der Waals surface area contributed by atoms with Gasteiger partial charge >= 0.3 is 0 Å². The van der Waals surface area contributed by atoms with Crippen molar-refractivity contribution < 1.29 is 19.3 Å². The monoisotopic (exact) mass is 353 g/mol. The number of nitrogens with zero attached hydrogens (tertiary/aromatic N) is 2. The lowest BCUT2D eigenvalue weighted by Gasteiger charge is -2.39. The highest BCUT2D eigenvalue weighted by molar-refractivity contribution is 5.15. The summed E-state index contributed by atoms with van der Waals surface area (Å²) in [5, 5.41) is 23.4. The number of halogens is 1. The highest BCUT2D eigenvalue weighted by Crippen LogP contribution is 2.26. The first-order chi connectivity index (χ1) is 12.1. The smallest absolute Gasteiger partial charge is 0.123 e. The standard InChI is InChI=1S/C18H28FN3O3/c1-21-6-8-22(9-7-21)17-15(25-16(12-23)18(17)24)11-20-10-13-2-4-14(19)5-3-13/h2-5,15-18,20,23-24H,6-12H2,1H3/t15-,16+,17-,18-/m1/s1. The number of piperazine rings is 1.